The Hall–Kier alpha value is -1.56. The van der Waals surface area contributed by atoms with E-state index >= 15 is 0 Å². The fraction of sp³-hybridized carbons (Fsp3) is 0.571. The van der Waals surface area contributed by atoms with Gasteiger partial charge in [0.1, 0.15) is 5.54 Å². The van der Waals surface area contributed by atoms with E-state index in [1.54, 1.807) is 11.3 Å². The number of urea groups is 1. The lowest BCUT2D eigenvalue weighted by Crippen LogP contribution is -2.59. The van der Waals surface area contributed by atoms with Crippen LogP contribution in [0.2, 0.25) is 0 Å². The van der Waals surface area contributed by atoms with Gasteiger partial charge in [-0.3, -0.25) is 4.79 Å². The second-order valence-corrected chi connectivity index (χ2v) is 6.47. The fourth-order valence-corrected chi connectivity index (χ4v) is 3.51. The van der Waals surface area contributed by atoms with Crippen molar-refractivity contribution < 1.29 is 9.59 Å². The lowest BCUT2D eigenvalue weighted by atomic mass is 9.97. The number of carbonyl (C=O) groups is 2. The molecule has 20 heavy (non-hydrogen) atoms. The van der Waals surface area contributed by atoms with Gasteiger partial charge in [0.05, 0.1) is 0 Å². The first-order valence-corrected chi connectivity index (χ1v) is 7.81. The van der Waals surface area contributed by atoms with Crippen LogP contribution < -0.4 is 16.4 Å². The molecule has 5 nitrogen and oxygen atoms in total. The molecular formula is C14H21N3O2S. The zero-order valence-corrected chi connectivity index (χ0v) is 12.5. The van der Waals surface area contributed by atoms with Crippen LogP contribution in [0.1, 0.15) is 37.5 Å². The summed E-state index contributed by atoms with van der Waals surface area (Å²) in [6.07, 6.45) is 3.90. The highest BCUT2D eigenvalue weighted by atomic mass is 32.1. The van der Waals surface area contributed by atoms with Gasteiger partial charge in [-0.25, -0.2) is 4.79 Å². The van der Waals surface area contributed by atoms with Crippen molar-refractivity contribution in [1.82, 2.24) is 10.6 Å². The molecule has 1 aliphatic rings. The molecule has 2 rings (SSSR count). The molecule has 110 valence electrons. The Morgan fingerprint density at radius 2 is 2.15 bits per heavy atom. The van der Waals surface area contributed by atoms with Crippen LogP contribution in [-0.4, -0.2) is 23.5 Å². The molecule has 1 saturated carbocycles. The number of thiophene rings is 1. The quantitative estimate of drug-likeness (QED) is 0.773. The van der Waals surface area contributed by atoms with Gasteiger partial charge in [0.15, 0.2) is 0 Å². The standard InChI is InChI=1S/C14H21N3O2S/c1-10(9-11-5-4-8-20-11)16-13(19)17-14(12(15)18)6-2-3-7-14/h4-5,8,10H,2-3,6-7,9H2,1H3,(H2,15,18)(H2,16,17,19)/t10-/m1/s1. The van der Waals surface area contributed by atoms with Crippen LogP contribution in [0, 0.1) is 0 Å². The summed E-state index contributed by atoms with van der Waals surface area (Å²) in [6.45, 7) is 1.95. The Bertz CT molecular complexity index is 467. The van der Waals surface area contributed by atoms with E-state index in [0.717, 1.165) is 19.3 Å². The minimum Gasteiger partial charge on any atom is -0.368 e. The van der Waals surface area contributed by atoms with Crippen molar-refractivity contribution >= 4 is 23.3 Å². The van der Waals surface area contributed by atoms with Crippen molar-refractivity contribution in [3.8, 4) is 0 Å². The number of nitrogens with one attached hydrogen (secondary N) is 2. The van der Waals surface area contributed by atoms with Gasteiger partial charge >= 0.3 is 6.03 Å². The van der Waals surface area contributed by atoms with Crippen LogP contribution in [0.4, 0.5) is 4.79 Å². The molecule has 4 N–H and O–H groups in total. The highest BCUT2D eigenvalue weighted by Gasteiger charge is 2.40. The van der Waals surface area contributed by atoms with E-state index in [4.69, 9.17) is 5.73 Å². The Morgan fingerprint density at radius 1 is 1.45 bits per heavy atom. The molecule has 3 amide bonds. The van der Waals surface area contributed by atoms with Crippen molar-refractivity contribution in [1.29, 1.82) is 0 Å². The first-order valence-electron chi connectivity index (χ1n) is 6.93. The average molecular weight is 295 g/mol. The van der Waals surface area contributed by atoms with Crippen molar-refractivity contribution in [3.63, 3.8) is 0 Å². The number of hydrogen-bond donors (Lipinski definition) is 3. The summed E-state index contributed by atoms with van der Waals surface area (Å²) in [7, 11) is 0. The molecule has 1 aromatic rings. The number of nitrogens with two attached hydrogens (primary N) is 1. The largest absolute Gasteiger partial charge is 0.368 e. The minimum absolute atomic E-state index is 0.0139. The van der Waals surface area contributed by atoms with Crippen molar-refractivity contribution in [2.24, 2.45) is 5.73 Å². The first-order chi connectivity index (χ1) is 9.52. The SMILES string of the molecule is C[C@H](Cc1cccs1)NC(=O)NC1(C(N)=O)CCCC1. The zero-order chi connectivity index (χ0) is 14.6. The van der Waals surface area contributed by atoms with Gasteiger partial charge in [-0.2, -0.15) is 0 Å². The maximum atomic E-state index is 12.0. The van der Waals surface area contributed by atoms with Gasteiger partial charge < -0.3 is 16.4 Å². The molecule has 0 radical (unpaired) electrons. The normalized spacial score (nSPS) is 18.4. The van der Waals surface area contributed by atoms with E-state index in [9.17, 15) is 9.59 Å². The molecule has 1 aromatic heterocycles. The molecule has 1 aliphatic carbocycles. The molecule has 1 atom stereocenters. The summed E-state index contributed by atoms with van der Waals surface area (Å²) < 4.78 is 0. The van der Waals surface area contributed by atoms with Gasteiger partial charge in [0.2, 0.25) is 5.91 Å². The third-order valence-electron chi connectivity index (χ3n) is 3.75. The molecule has 0 aromatic carbocycles. The molecule has 0 unspecified atom stereocenters. The number of hydrogen-bond acceptors (Lipinski definition) is 3. The molecule has 0 spiro atoms. The number of primary amides is 1. The molecular weight excluding hydrogens is 274 g/mol. The predicted octanol–water partition coefficient (Wildman–Crippen LogP) is 1.78. The lowest BCUT2D eigenvalue weighted by Gasteiger charge is -2.27. The fourth-order valence-electron chi connectivity index (χ4n) is 2.67. The topological polar surface area (TPSA) is 84.2 Å². The first kappa shape index (κ1) is 14.8. The van der Waals surface area contributed by atoms with Crippen LogP contribution in [0.5, 0.6) is 0 Å². The van der Waals surface area contributed by atoms with Gasteiger partial charge in [0.25, 0.3) is 0 Å². The van der Waals surface area contributed by atoms with E-state index in [0.29, 0.717) is 12.8 Å². The summed E-state index contributed by atoms with van der Waals surface area (Å²) in [5.74, 6) is -0.434. The Kier molecular flexibility index (Phi) is 4.65. The maximum absolute atomic E-state index is 12.0. The van der Waals surface area contributed by atoms with Crippen LogP contribution in [-0.2, 0) is 11.2 Å². The highest BCUT2D eigenvalue weighted by molar-refractivity contribution is 7.09. The summed E-state index contributed by atoms with van der Waals surface area (Å²) >= 11 is 1.67. The average Bonchev–Trinajstić information content (AvgIpc) is 3.00. The third kappa shape index (κ3) is 3.50. The van der Waals surface area contributed by atoms with Gasteiger partial charge in [0, 0.05) is 17.3 Å². The smallest absolute Gasteiger partial charge is 0.315 e. The second-order valence-electron chi connectivity index (χ2n) is 5.44. The third-order valence-corrected chi connectivity index (χ3v) is 4.65. The molecule has 0 saturated heterocycles. The summed E-state index contributed by atoms with van der Waals surface area (Å²) in [6, 6.07) is 3.74. The van der Waals surface area contributed by atoms with Gasteiger partial charge in [-0.1, -0.05) is 18.9 Å². The molecule has 0 bridgehead atoms. The Labute approximate surface area is 122 Å². The predicted molar refractivity (Wildman–Crippen MR) is 79.5 cm³/mol. The van der Waals surface area contributed by atoms with E-state index in [-0.39, 0.29) is 12.1 Å². The van der Waals surface area contributed by atoms with Crippen LogP contribution >= 0.6 is 11.3 Å². The summed E-state index contributed by atoms with van der Waals surface area (Å²) in [5.41, 5.74) is 4.59. The van der Waals surface area contributed by atoms with Crippen LogP contribution in [0.15, 0.2) is 17.5 Å². The van der Waals surface area contributed by atoms with Crippen molar-refractivity contribution in [3.05, 3.63) is 22.4 Å². The van der Waals surface area contributed by atoms with E-state index in [2.05, 4.69) is 10.6 Å². The summed E-state index contributed by atoms with van der Waals surface area (Å²) in [5, 5.41) is 7.67. The summed E-state index contributed by atoms with van der Waals surface area (Å²) in [4.78, 5) is 24.8. The molecule has 1 heterocycles. The van der Waals surface area contributed by atoms with Crippen LogP contribution in [0.25, 0.3) is 0 Å². The monoisotopic (exact) mass is 295 g/mol. The Morgan fingerprint density at radius 3 is 2.70 bits per heavy atom. The van der Waals surface area contributed by atoms with Crippen LogP contribution in [0.3, 0.4) is 0 Å². The molecule has 1 fully saturated rings. The van der Waals surface area contributed by atoms with E-state index in [1.165, 1.54) is 4.88 Å². The Balaban J connectivity index is 1.86. The molecule has 6 heteroatoms. The maximum Gasteiger partial charge on any atom is 0.315 e. The van der Waals surface area contributed by atoms with Crippen molar-refractivity contribution in [2.45, 2.75) is 50.6 Å². The molecule has 0 aliphatic heterocycles. The second kappa shape index (κ2) is 6.26. The van der Waals surface area contributed by atoms with E-state index in [1.807, 2.05) is 24.4 Å². The number of carbonyl (C=O) groups excluding carboxylic acids is 2. The highest BCUT2D eigenvalue weighted by Crippen LogP contribution is 2.29. The number of rotatable bonds is 5. The number of amides is 3. The van der Waals surface area contributed by atoms with Gasteiger partial charge in [-0.15, -0.1) is 11.3 Å². The van der Waals surface area contributed by atoms with E-state index < -0.39 is 11.4 Å². The van der Waals surface area contributed by atoms with Crippen molar-refractivity contribution in [2.75, 3.05) is 0 Å². The zero-order valence-electron chi connectivity index (χ0n) is 11.6. The minimum atomic E-state index is -0.854. The lowest BCUT2D eigenvalue weighted by molar-refractivity contribution is -0.123. The van der Waals surface area contributed by atoms with Gasteiger partial charge in [-0.05, 0) is 31.2 Å².